The smallest absolute Gasteiger partial charge is 0.251 e. The zero-order valence-corrected chi connectivity index (χ0v) is 13.6. The van der Waals surface area contributed by atoms with Crippen LogP contribution in [0.1, 0.15) is 23.7 Å². The van der Waals surface area contributed by atoms with Crippen LogP contribution in [0.25, 0.3) is 0 Å². The molecule has 0 radical (unpaired) electrons. The SMILES string of the molecule is C[C@H](Cn1ccnc1)NC(=O)c1ccc2c(c1)NC(=O)CCS2. The van der Waals surface area contributed by atoms with Gasteiger partial charge in [-0.15, -0.1) is 11.8 Å². The quantitative estimate of drug-likeness (QED) is 0.900. The Bertz CT molecular complexity index is 715. The highest BCUT2D eigenvalue weighted by Crippen LogP contribution is 2.31. The maximum absolute atomic E-state index is 12.4. The fourth-order valence-electron chi connectivity index (χ4n) is 2.42. The predicted octanol–water partition coefficient (Wildman–Crippen LogP) is 2.14. The number of thioether (sulfide) groups is 1. The minimum absolute atomic E-state index is 0.0118. The average molecular weight is 330 g/mol. The van der Waals surface area contributed by atoms with Crippen LogP contribution in [0, 0.1) is 0 Å². The van der Waals surface area contributed by atoms with E-state index in [4.69, 9.17) is 0 Å². The van der Waals surface area contributed by atoms with Gasteiger partial charge in [0.05, 0.1) is 12.0 Å². The standard InChI is InChI=1S/C16H18N4O2S/c1-11(9-20-6-5-17-10-20)18-16(22)12-2-3-14-13(8-12)19-15(21)4-7-23-14/h2-3,5-6,8,10-11H,4,7,9H2,1H3,(H,18,22)(H,19,21)/t11-/m1/s1. The second kappa shape index (κ2) is 6.87. The molecule has 2 heterocycles. The highest BCUT2D eigenvalue weighted by atomic mass is 32.2. The molecular weight excluding hydrogens is 312 g/mol. The third kappa shape index (κ3) is 3.92. The van der Waals surface area contributed by atoms with E-state index >= 15 is 0 Å². The fraction of sp³-hybridized carbons (Fsp3) is 0.312. The molecule has 1 aromatic heterocycles. The molecule has 6 nitrogen and oxygen atoms in total. The number of imidazole rings is 1. The summed E-state index contributed by atoms with van der Waals surface area (Å²) < 4.78 is 1.92. The van der Waals surface area contributed by atoms with E-state index in [9.17, 15) is 9.59 Å². The highest BCUT2D eigenvalue weighted by Gasteiger charge is 2.16. The van der Waals surface area contributed by atoms with Crippen LogP contribution >= 0.6 is 11.8 Å². The maximum Gasteiger partial charge on any atom is 0.251 e. The molecule has 2 N–H and O–H groups in total. The van der Waals surface area contributed by atoms with Crippen LogP contribution in [-0.2, 0) is 11.3 Å². The van der Waals surface area contributed by atoms with Gasteiger partial charge in [0.15, 0.2) is 0 Å². The van der Waals surface area contributed by atoms with Crippen LogP contribution in [0.15, 0.2) is 41.8 Å². The molecule has 0 saturated heterocycles. The van der Waals surface area contributed by atoms with E-state index in [1.54, 1.807) is 36.4 Å². The molecule has 1 aliphatic heterocycles. The zero-order chi connectivity index (χ0) is 16.2. The number of nitrogens with one attached hydrogen (secondary N) is 2. The van der Waals surface area contributed by atoms with Crippen molar-refractivity contribution >= 4 is 29.3 Å². The largest absolute Gasteiger partial charge is 0.348 e. The topological polar surface area (TPSA) is 76.0 Å². The summed E-state index contributed by atoms with van der Waals surface area (Å²) in [4.78, 5) is 29.0. The van der Waals surface area contributed by atoms with Gasteiger partial charge in [-0.1, -0.05) is 0 Å². The number of carbonyl (C=O) groups excluding carboxylic acids is 2. The molecule has 7 heteroatoms. The summed E-state index contributed by atoms with van der Waals surface area (Å²) >= 11 is 1.63. The van der Waals surface area contributed by atoms with Crippen molar-refractivity contribution in [3.63, 3.8) is 0 Å². The highest BCUT2D eigenvalue weighted by molar-refractivity contribution is 7.99. The normalized spacial score (nSPS) is 15.3. The Morgan fingerprint density at radius 1 is 1.52 bits per heavy atom. The van der Waals surface area contributed by atoms with Crippen molar-refractivity contribution in [3.8, 4) is 0 Å². The molecule has 0 aliphatic carbocycles. The average Bonchev–Trinajstić information content (AvgIpc) is 2.93. The summed E-state index contributed by atoms with van der Waals surface area (Å²) in [6.07, 6.45) is 5.78. The first-order valence-corrected chi connectivity index (χ1v) is 8.43. The molecule has 120 valence electrons. The Balaban J connectivity index is 1.68. The molecule has 3 rings (SSSR count). The first-order valence-electron chi connectivity index (χ1n) is 7.45. The van der Waals surface area contributed by atoms with Crippen molar-refractivity contribution in [1.29, 1.82) is 0 Å². The lowest BCUT2D eigenvalue weighted by Gasteiger charge is -2.15. The fourth-order valence-corrected chi connectivity index (χ4v) is 3.36. The van der Waals surface area contributed by atoms with Crippen LogP contribution in [0.4, 0.5) is 5.69 Å². The number of hydrogen-bond acceptors (Lipinski definition) is 4. The molecule has 0 unspecified atom stereocenters. The number of rotatable bonds is 4. The summed E-state index contributed by atoms with van der Waals surface area (Å²) in [6.45, 7) is 2.60. The van der Waals surface area contributed by atoms with Gasteiger partial charge in [0, 0.05) is 47.6 Å². The molecule has 1 aliphatic rings. The maximum atomic E-state index is 12.4. The Kier molecular flexibility index (Phi) is 4.66. The van der Waals surface area contributed by atoms with Crippen LogP contribution in [0.5, 0.6) is 0 Å². The lowest BCUT2D eigenvalue weighted by molar-refractivity contribution is -0.115. The second-order valence-electron chi connectivity index (χ2n) is 5.49. The van der Waals surface area contributed by atoms with E-state index in [2.05, 4.69) is 15.6 Å². The first kappa shape index (κ1) is 15.6. The number of anilines is 1. The molecule has 1 aromatic carbocycles. The van der Waals surface area contributed by atoms with Crippen molar-refractivity contribution in [3.05, 3.63) is 42.5 Å². The van der Waals surface area contributed by atoms with E-state index < -0.39 is 0 Å². The van der Waals surface area contributed by atoms with E-state index in [0.29, 0.717) is 24.2 Å². The van der Waals surface area contributed by atoms with E-state index in [-0.39, 0.29) is 17.9 Å². The summed E-state index contributed by atoms with van der Waals surface area (Å²) in [5.74, 6) is 0.595. The van der Waals surface area contributed by atoms with Crippen molar-refractivity contribution in [2.24, 2.45) is 0 Å². The van der Waals surface area contributed by atoms with Crippen LogP contribution in [-0.4, -0.2) is 33.2 Å². The lowest BCUT2D eigenvalue weighted by atomic mass is 10.1. The van der Waals surface area contributed by atoms with Gasteiger partial charge in [-0.25, -0.2) is 4.98 Å². The monoisotopic (exact) mass is 330 g/mol. The van der Waals surface area contributed by atoms with E-state index in [0.717, 1.165) is 10.6 Å². The van der Waals surface area contributed by atoms with Gasteiger partial charge in [0.2, 0.25) is 5.91 Å². The third-order valence-corrected chi connectivity index (χ3v) is 4.60. The third-order valence-electron chi connectivity index (χ3n) is 3.52. The van der Waals surface area contributed by atoms with Crippen LogP contribution in [0.2, 0.25) is 0 Å². The van der Waals surface area contributed by atoms with Gasteiger partial charge >= 0.3 is 0 Å². The summed E-state index contributed by atoms with van der Waals surface area (Å²) in [6, 6.07) is 5.40. The molecule has 0 saturated carbocycles. The van der Waals surface area contributed by atoms with Crippen molar-refractivity contribution in [2.75, 3.05) is 11.1 Å². The number of nitrogens with zero attached hydrogens (tertiary/aromatic N) is 2. The molecule has 23 heavy (non-hydrogen) atoms. The summed E-state index contributed by atoms with van der Waals surface area (Å²) in [5, 5.41) is 5.82. The first-order chi connectivity index (χ1) is 11.1. The Morgan fingerprint density at radius 2 is 2.39 bits per heavy atom. The van der Waals surface area contributed by atoms with Gasteiger partial charge in [-0.2, -0.15) is 0 Å². The van der Waals surface area contributed by atoms with E-state index in [1.165, 1.54) is 0 Å². The van der Waals surface area contributed by atoms with Crippen LogP contribution in [0.3, 0.4) is 0 Å². The van der Waals surface area contributed by atoms with E-state index in [1.807, 2.05) is 23.8 Å². The van der Waals surface area contributed by atoms with Gasteiger partial charge in [-0.05, 0) is 25.1 Å². The van der Waals surface area contributed by atoms with Gasteiger partial charge < -0.3 is 15.2 Å². The van der Waals surface area contributed by atoms with Gasteiger partial charge in [0.25, 0.3) is 5.91 Å². The van der Waals surface area contributed by atoms with Gasteiger partial charge in [0.1, 0.15) is 0 Å². The molecular formula is C16H18N4O2S. The zero-order valence-electron chi connectivity index (χ0n) is 12.8. The minimum atomic E-state index is -0.149. The van der Waals surface area contributed by atoms with Gasteiger partial charge in [-0.3, -0.25) is 9.59 Å². The number of benzene rings is 1. The Morgan fingerprint density at radius 3 is 3.17 bits per heavy atom. The summed E-state index contributed by atoms with van der Waals surface area (Å²) in [5.41, 5.74) is 1.26. The van der Waals surface area contributed by atoms with Crippen LogP contribution < -0.4 is 10.6 Å². The molecule has 0 fully saturated rings. The second-order valence-corrected chi connectivity index (χ2v) is 6.63. The number of carbonyl (C=O) groups is 2. The molecule has 2 aromatic rings. The molecule has 0 bridgehead atoms. The van der Waals surface area contributed by atoms with Crippen molar-refractivity contribution in [2.45, 2.75) is 30.8 Å². The molecule has 0 spiro atoms. The number of hydrogen-bond donors (Lipinski definition) is 2. The number of fused-ring (bicyclic) bond motifs is 1. The molecule has 1 atom stereocenters. The predicted molar refractivity (Wildman–Crippen MR) is 89.6 cm³/mol. The summed E-state index contributed by atoms with van der Waals surface area (Å²) in [7, 11) is 0. The van der Waals surface area contributed by atoms with Crippen molar-refractivity contribution in [1.82, 2.24) is 14.9 Å². The number of aromatic nitrogens is 2. The molecule has 2 amide bonds. The van der Waals surface area contributed by atoms with Crippen molar-refractivity contribution < 1.29 is 9.59 Å². The minimum Gasteiger partial charge on any atom is -0.348 e. The number of amides is 2. The Labute approximate surface area is 138 Å². The Hall–Kier alpha value is -2.28. The lowest BCUT2D eigenvalue weighted by Crippen LogP contribution is -2.35.